The zero-order valence-corrected chi connectivity index (χ0v) is 13.0. The zero-order valence-electron chi connectivity index (χ0n) is 13.0. The summed E-state index contributed by atoms with van der Waals surface area (Å²) in [6, 6.07) is 17.3. The molecule has 0 radical (unpaired) electrons. The predicted molar refractivity (Wildman–Crippen MR) is 87.9 cm³/mol. The summed E-state index contributed by atoms with van der Waals surface area (Å²) in [5.74, 6) is 0.998. The summed E-state index contributed by atoms with van der Waals surface area (Å²) >= 11 is 0. The molecule has 1 heterocycles. The van der Waals surface area contributed by atoms with Gasteiger partial charge in [0.2, 0.25) is 0 Å². The summed E-state index contributed by atoms with van der Waals surface area (Å²) in [5, 5.41) is 3.69. The van der Waals surface area contributed by atoms with Crippen molar-refractivity contribution in [3.63, 3.8) is 0 Å². The van der Waals surface area contributed by atoms with E-state index in [9.17, 15) is 0 Å². The molecule has 1 atom stereocenters. The second kappa shape index (κ2) is 5.44. The lowest BCUT2D eigenvalue weighted by Gasteiger charge is -2.38. The Kier molecular flexibility index (Phi) is 3.62. The van der Waals surface area contributed by atoms with Gasteiger partial charge in [-0.3, -0.25) is 0 Å². The van der Waals surface area contributed by atoms with Gasteiger partial charge in [0.1, 0.15) is 11.4 Å². The summed E-state index contributed by atoms with van der Waals surface area (Å²) in [6.45, 7) is 6.49. The number of aryl methyl sites for hydroxylation is 1. The average molecular weight is 281 g/mol. The molecule has 0 aliphatic carbocycles. The lowest BCUT2D eigenvalue weighted by Crippen LogP contribution is -2.37. The molecule has 0 spiro atoms. The number of fused-ring (bicyclic) bond motifs is 1. The van der Waals surface area contributed by atoms with Crippen molar-refractivity contribution in [2.45, 2.75) is 45.3 Å². The monoisotopic (exact) mass is 281 g/mol. The van der Waals surface area contributed by atoms with E-state index in [1.165, 1.54) is 16.8 Å². The molecule has 0 fully saturated rings. The average Bonchev–Trinajstić information content (AvgIpc) is 2.46. The molecule has 3 rings (SSSR count). The van der Waals surface area contributed by atoms with Gasteiger partial charge in [-0.15, -0.1) is 0 Å². The van der Waals surface area contributed by atoms with Crippen molar-refractivity contribution in [1.82, 2.24) is 0 Å². The number of nitrogens with one attached hydrogen (secondary N) is 1. The third-order valence-electron chi connectivity index (χ3n) is 4.05. The Bertz CT molecular complexity index is 633. The molecule has 0 amide bonds. The number of hydrogen-bond donors (Lipinski definition) is 1. The van der Waals surface area contributed by atoms with E-state index in [1.807, 2.05) is 6.07 Å². The van der Waals surface area contributed by atoms with Crippen LogP contribution in [0.4, 0.5) is 5.69 Å². The van der Waals surface area contributed by atoms with Crippen LogP contribution in [0.5, 0.6) is 5.75 Å². The third kappa shape index (κ3) is 3.05. The normalized spacial score (nSPS) is 19.5. The molecule has 2 aromatic carbocycles. The van der Waals surface area contributed by atoms with Gasteiger partial charge in [0.05, 0.1) is 6.04 Å². The first-order valence-corrected chi connectivity index (χ1v) is 7.71. The van der Waals surface area contributed by atoms with Crippen LogP contribution < -0.4 is 10.1 Å². The van der Waals surface area contributed by atoms with Crippen LogP contribution in [0.25, 0.3) is 0 Å². The van der Waals surface area contributed by atoms with E-state index >= 15 is 0 Å². The molecule has 0 saturated heterocycles. The number of anilines is 1. The zero-order chi connectivity index (χ0) is 14.9. The maximum Gasteiger partial charge on any atom is 0.125 e. The molecule has 2 aromatic rings. The largest absolute Gasteiger partial charge is 0.487 e. The molecule has 0 saturated carbocycles. The molecule has 0 bridgehead atoms. The summed E-state index contributed by atoms with van der Waals surface area (Å²) in [6.07, 6.45) is 2.02. The van der Waals surface area contributed by atoms with Crippen LogP contribution in [0.1, 0.15) is 44.4 Å². The van der Waals surface area contributed by atoms with E-state index in [2.05, 4.69) is 68.6 Å². The van der Waals surface area contributed by atoms with Gasteiger partial charge in [-0.05, 0) is 44.0 Å². The topological polar surface area (TPSA) is 21.3 Å². The van der Waals surface area contributed by atoms with Crippen LogP contribution in [0.3, 0.4) is 0 Å². The van der Waals surface area contributed by atoms with Crippen LogP contribution in [0.2, 0.25) is 0 Å². The first kappa shape index (κ1) is 14.0. The Morgan fingerprint density at radius 1 is 1.14 bits per heavy atom. The summed E-state index contributed by atoms with van der Waals surface area (Å²) in [4.78, 5) is 0. The highest BCUT2D eigenvalue weighted by Gasteiger charge is 2.33. The van der Waals surface area contributed by atoms with Gasteiger partial charge >= 0.3 is 0 Å². The Hall–Kier alpha value is -1.96. The van der Waals surface area contributed by atoms with E-state index in [4.69, 9.17) is 4.74 Å². The Morgan fingerprint density at radius 2 is 1.95 bits per heavy atom. The van der Waals surface area contributed by atoms with Crippen LogP contribution in [0.15, 0.2) is 48.5 Å². The molecular weight excluding hydrogens is 258 g/mol. The number of benzene rings is 2. The molecular formula is C19H23NO. The SMILES string of the molecule is CCc1cccc(NC2CC(C)(C)Oc3ccccc32)c1. The smallest absolute Gasteiger partial charge is 0.125 e. The molecule has 1 aliphatic rings. The van der Waals surface area contributed by atoms with Gasteiger partial charge in [-0.2, -0.15) is 0 Å². The van der Waals surface area contributed by atoms with E-state index in [0.717, 1.165) is 18.6 Å². The van der Waals surface area contributed by atoms with Crippen molar-refractivity contribution in [2.75, 3.05) is 5.32 Å². The number of rotatable bonds is 3. The molecule has 1 N–H and O–H groups in total. The molecule has 1 unspecified atom stereocenters. The maximum atomic E-state index is 6.09. The summed E-state index contributed by atoms with van der Waals surface area (Å²) in [7, 11) is 0. The lowest BCUT2D eigenvalue weighted by atomic mass is 9.89. The van der Waals surface area contributed by atoms with Crippen molar-refractivity contribution in [1.29, 1.82) is 0 Å². The highest BCUT2D eigenvalue weighted by Crippen LogP contribution is 2.40. The highest BCUT2D eigenvalue weighted by atomic mass is 16.5. The van der Waals surface area contributed by atoms with Crippen molar-refractivity contribution in [3.8, 4) is 5.75 Å². The van der Waals surface area contributed by atoms with E-state index in [-0.39, 0.29) is 11.6 Å². The second-order valence-corrected chi connectivity index (χ2v) is 6.35. The second-order valence-electron chi connectivity index (χ2n) is 6.35. The quantitative estimate of drug-likeness (QED) is 0.858. The Morgan fingerprint density at radius 3 is 2.76 bits per heavy atom. The third-order valence-corrected chi connectivity index (χ3v) is 4.05. The minimum absolute atomic E-state index is 0.144. The van der Waals surface area contributed by atoms with E-state index in [0.29, 0.717) is 0 Å². The molecule has 2 nitrogen and oxygen atoms in total. The first-order valence-electron chi connectivity index (χ1n) is 7.71. The van der Waals surface area contributed by atoms with Gasteiger partial charge in [-0.1, -0.05) is 37.3 Å². The number of ether oxygens (including phenoxy) is 1. The van der Waals surface area contributed by atoms with Crippen molar-refractivity contribution in [3.05, 3.63) is 59.7 Å². The fourth-order valence-electron chi connectivity index (χ4n) is 3.01. The van der Waals surface area contributed by atoms with Gasteiger partial charge in [-0.25, -0.2) is 0 Å². The highest BCUT2D eigenvalue weighted by molar-refractivity contribution is 5.50. The van der Waals surface area contributed by atoms with Gasteiger partial charge in [0, 0.05) is 17.7 Å². The number of hydrogen-bond acceptors (Lipinski definition) is 2. The van der Waals surface area contributed by atoms with Crippen molar-refractivity contribution in [2.24, 2.45) is 0 Å². The lowest BCUT2D eigenvalue weighted by molar-refractivity contribution is 0.0759. The van der Waals surface area contributed by atoms with Crippen LogP contribution >= 0.6 is 0 Å². The van der Waals surface area contributed by atoms with Crippen molar-refractivity contribution >= 4 is 5.69 Å². The molecule has 1 aliphatic heterocycles. The molecule has 2 heteroatoms. The van der Waals surface area contributed by atoms with E-state index in [1.54, 1.807) is 0 Å². The standard InChI is InChI=1S/C19H23NO/c1-4-14-8-7-9-15(12-14)20-17-13-19(2,3)21-18-11-6-5-10-16(17)18/h5-12,17,20H,4,13H2,1-3H3. The summed E-state index contributed by atoms with van der Waals surface area (Å²) < 4.78 is 6.09. The summed E-state index contributed by atoms with van der Waals surface area (Å²) in [5.41, 5.74) is 3.65. The first-order chi connectivity index (χ1) is 10.1. The minimum Gasteiger partial charge on any atom is -0.487 e. The minimum atomic E-state index is -0.144. The number of para-hydroxylation sites is 1. The van der Waals surface area contributed by atoms with Gasteiger partial charge in [0.15, 0.2) is 0 Å². The Labute approximate surface area is 127 Å². The van der Waals surface area contributed by atoms with Crippen LogP contribution in [-0.4, -0.2) is 5.60 Å². The maximum absolute atomic E-state index is 6.09. The van der Waals surface area contributed by atoms with Gasteiger partial charge < -0.3 is 10.1 Å². The van der Waals surface area contributed by atoms with E-state index < -0.39 is 0 Å². The molecule has 21 heavy (non-hydrogen) atoms. The fourth-order valence-corrected chi connectivity index (χ4v) is 3.01. The molecule has 110 valence electrons. The Balaban J connectivity index is 1.90. The predicted octanol–water partition coefficient (Wildman–Crippen LogP) is 4.96. The van der Waals surface area contributed by atoms with Crippen LogP contribution in [0, 0.1) is 0 Å². The molecule has 0 aromatic heterocycles. The van der Waals surface area contributed by atoms with Gasteiger partial charge in [0.25, 0.3) is 0 Å². The van der Waals surface area contributed by atoms with Crippen molar-refractivity contribution < 1.29 is 4.74 Å². The fraction of sp³-hybridized carbons (Fsp3) is 0.368. The van der Waals surface area contributed by atoms with Crippen LogP contribution in [-0.2, 0) is 6.42 Å².